The number of nitrogens with one attached hydrogen (secondary N) is 1. The number of rotatable bonds is 8. The molecule has 0 aliphatic carbocycles. The maximum atomic E-state index is 13.4. The first-order chi connectivity index (χ1) is 16.2. The number of carbonyl (C=O) groups excluding carboxylic acids is 2. The zero-order valence-corrected chi connectivity index (χ0v) is 19.9. The van der Waals surface area contributed by atoms with Crippen LogP contribution in [0.5, 0.6) is 5.75 Å². The highest BCUT2D eigenvalue weighted by Crippen LogP contribution is 2.28. The van der Waals surface area contributed by atoms with E-state index in [0.717, 1.165) is 15.4 Å². The Hall–Kier alpha value is -3.98. The third kappa shape index (κ3) is 6.08. The van der Waals surface area contributed by atoms with Crippen LogP contribution in [0.1, 0.15) is 23.6 Å². The van der Waals surface area contributed by atoms with Gasteiger partial charge in [-0.05, 0) is 73.0 Å². The number of hydrazone groups is 1. The molecule has 3 rings (SSSR count). The van der Waals surface area contributed by atoms with Crippen LogP contribution in [0.2, 0.25) is 0 Å². The number of sulfonamides is 1. The Morgan fingerprint density at radius 2 is 1.65 bits per heavy atom. The number of benzene rings is 3. The maximum Gasteiger partial charge on any atom is 0.308 e. The minimum atomic E-state index is -4.00. The topological polar surface area (TPSA) is 105 Å². The van der Waals surface area contributed by atoms with Crippen LogP contribution in [0.4, 0.5) is 5.69 Å². The fourth-order valence-corrected chi connectivity index (χ4v) is 4.66. The number of aryl methyl sites for hydroxylation is 1. The van der Waals surface area contributed by atoms with Crippen molar-refractivity contribution in [1.29, 1.82) is 0 Å². The van der Waals surface area contributed by atoms with E-state index in [-0.39, 0.29) is 4.90 Å². The van der Waals surface area contributed by atoms with Crippen molar-refractivity contribution in [1.82, 2.24) is 5.43 Å². The second-order valence-electron chi connectivity index (χ2n) is 7.50. The zero-order chi connectivity index (χ0) is 24.7. The average Bonchev–Trinajstić information content (AvgIpc) is 2.81. The normalized spacial score (nSPS) is 11.3. The molecule has 1 N–H and O–H groups in total. The van der Waals surface area contributed by atoms with Gasteiger partial charge in [-0.2, -0.15) is 5.10 Å². The summed E-state index contributed by atoms with van der Waals surface area (Å²) in [5.41, 5.74) is 5.11. The molecule has 0 spiro atoms. The first kappa shape index (κ1) is 24.7. The number of anilines is 1. The third-order valence-electron chi connectivity index (χ3n) is 5.01. The number of hydrogen-bond donors (Lipinski definition) is 1. The van der Waals surface area contributed by atoms with Crippen LogP contribution >= 0.6 is 0 Å². The fraction of sp³-hybridized carbons (Fsp3) is 0.160. The Morgan fingerprint density at radius 3 is 2.29 bits per heavy atom. The van der Waals surface area contributed by atoms with Gasteiger partial charge in [-0.1, -0.05) is 30.3 Å². The summed E-state index contributed by atoms with van der Waals surface area (Å²) in [5, 5.41) is 3.92. The standard InChI is InChI=1S/C25H25N3O5S/c1-18-8-7-11-24(19(18)2)28(34(31,32)23-9-5-4-6-10-23)17-25(30)27-26-16-21-12-14-22(15-13-21)33-20(3)29/h4-16H,17H2,1-3H3,(H,27,30)/b26-16-. The van der Waals surface area contributed by atoms with E-state index in [1.807, 2.05) is 19.9 Å². The zero-order valence-electron chi connectivity index (χ0n) is 19.1. The molecule has 3 aromatic rings. The maximum absolute atomic E-state index is 13.4. The first-order valence-corrected chi connectivity index (χ1v) is 11.9. The van der Waals surface area contributed by atoms with Crippen molar-refractivity contribution in [2.75, 3.05) is 10.8 Å². The molecule has 0 saturated heterocycles. The first-order valence-electron chi connectivity index (χ1n) is 10.4. The van der Waals surface area contributed by atoms with E-state index >= 15 is 0 Å². The van der Waals surface area contributed by atoms with Crippen LogP contribution < -0.4 is 14.5 Å². The van der Waals surface area contributed by atoms with Gasteiger partial charge in [-0.15, -0.1) is 0 Å². The van der Waals surface area contributed by atoms with Crippen LogP contribution in [-0.4, -0.2) is 33.1 Å². The molecule has 0 unspecified atom stereocenters. The summed E-state index contributed by atoms with van der Waals surface area (Å²) in [7, 11) is -4.00. The fourth-order valence-electron chi connectivity index (χ4n) is 3.16. The summed E-state index contributed by atoms with van der Waals surface area (Å²) < 4.78 is 32.9. The summed E-state index contributed by atoms with van der Waals surface area (Å²) in [6.07, 6.45) is 1.41. The molecule has 176 valence electrons. The van der Waals surface area contributed by atoms with E-state index in [1.54, 1.807) is 54.6 Å². The Labute approximate surface area is 198 Å². The molecule has 0 aliphatic rings. The molecule has 9 heteroatoms. The molecule has 0 aromatic heterocycles. The lowest BCUT2D eigenvalue weighted by molar-refractivity contribution is -0.131. The van der Waals surface area contributed by atoms with Gasteiger partial charge < -0.3 is 4.74 Å². The largest absolute Gasteiger partial charge is 0.427 e. The molecule has 3 aromatic carbocycles. The smallest absolute Gasteiger partial charge is 0.308 e. The number of amides is 1. The predicted octanol–water partition coefficient (Wildman–Crippen LogP) is 3.57. The lowest BCUT2D eigenvalue weighted by Crippen LogP contribution is -2.40. The molecule has 0 bridgehead atoms. The van der Waals surface area contributed by atoms with Gasteiger partial charge in [0.15, 0.2) is 0 Å². The van der Waals surface area contributed by atoms with E-state index < -0.39 is 28.4 Å². The van der Waals surface area contributed by atoms with Crippen LogP contribution in [-0.2, 0) is 19.6 Å². The van der Waals surface area contributed by atoms with Crippen LogP contribution in [0.3, 0.4) is 0 Å². The van der Waals surface area contributed by atoms with E-state index in [2.05, 4.69) is 10.5 Å². The highest BCUT2D eigenvalue weighted by molar-refractivity contribution is 7.92. The highest BCUT2D eigenvalue weighted by atomic mass is 32.2. The van der Waals surface area contributed by atoms with Gasteiger partial charge in [-0.25, -0.2) is 13.8 Å². The molecule has 0 atom stereocenters. The molecule has 8 nitrogen and oxygen atoms in total. The summed E-state index contributed by atoms with van der Waals surface area (Å²) in [4.78, 5) is 23.8. The second-order valence-corrected chi connectivity index (χ2v) is 9.36. The van der Waals surface area contributed by atoms with Crippen molar-refractivity contribution < 1.29 is 22.7 Å². The molecule has 34 heavy (non-hydrogen) atoms. The van der Waals surface area contributed by atoms with Crippen LogP contribution in [0.25, 0.3) is 0 Å². The summed E-state index contributed by atoms with van der Waals surface area (Å²) in [5.74, 6) is -0.635. The van der Waals surface area contributed by atoms with Crippen molar-refractivity contribution in [2.24, 2.45) is 5.10 Å². The minimum absolute atomic E-state index is 0.0834. The summed E-state index contributed by atoms with van der Waals surface area (Å²) in [6, 6.07) is 19.8. The van der Waals surface area contributed by atoms with Crippen molar-refractivity contribution >= 4 is 33.8 Å². The Morgan fingerprint density at radius 1 is 0.971 bits per heavy atom. The Kier molecular flexibility index (Phi) is 7.80. The van der Waals surface area contributed by atoms with Crippen LogP contribution in [0, 0.1) is 13.8 Å². The molecular weight excluding hydrogens is 454 g/mol. The van der Waals surface area contributed by atoms with Gasteiger partial charge >= 0.3 is 5.97 Å². The molecule has 1 amide bonds. The Balaban J connectivity index is 1.80. The van der Waals surface area contributed by atoms with E-state index in [4.69, 9.17) is 4.74 Å². The van der Waals surface area contributed by atoms with Gasteiger partial charge in [0.05, 0.1) is 16.8 Å². The third-order valence-corrected chi connectivity index (χ3v) is 6.78. The van der Waals surface area contributed by atoms with Crippen molar-refractivity contribution in [2.45, 2.75) is 25.7 Å². The monoisotopic (exact) mass is 479 g/mol. The molecule has 0 radical (unpaired) electrons. The van der Waals surface area contributed by atoms with Crippen molar-refractivity contribution in [3.63, 3.8) is 0 Å². The second kappa shape index (κ2) is 10.8. The lowest BCUT2D eigenvalue weighted by atomic mass is 10.1. The number of nitrogens with zero attached hydrogens (tertiary/aromatic N) is 2. The number of esters is 1. The lowest BCUT2D eigenvalue weighted by Gasteiger charge is -2.26. The quantitative estimate of drug-likeness (QED) is 0.230. The van der Waals surface area contributed by atoms with E-state index in [1.165, 1.54) is 25.3 Å². The minimum Gasteiger partial charge on any atom is -0.427 e. The number of hydrogen-bond acceptors (Lipinski definition) is 6. The number of ether oxygens (including phenoxy) is 1. The van der Waals surface area contributed by atoms with E-state index in [9.17, 15) is 18.0 Å². The molecule has 0 aliphatic heterocycles. The van der Waals surface area contributed by atoms with Gasteiger partial charge in [0.25, 0.3) is 15.9 Å². The average molecular weight is 480 g/mol. The van der Waals surface area contributed by atoms with Gasteiger partial charge in [0.1, 0.15) is 12.3 Å². The Bertz CT molecular complexity index is 1300. The van der Waals surface area contributed by atoms with Crippen molar-refractivity contribution in [3.05, 3.63) is 89.5 Å². The van der Waals surface area contributed by atoms with Gasteiger partial charge in [0.2, 0.25) is 0 Å². The van der Waals surface area contributed by atoms with E-state index in [0.29, 0.717) is 17.0 Å². The SMILES string of the molecule is CC(=O)Oc1ccc(/C=N\NC(=O)CN(c2cccc(C)c2C)S(=O)(=O)c2ccccc2)cc1. The van der Waals surface area contributed by atoms with Crippen molar-refractivity contribution in [3.8, 4) is 5.75 Å². The van der Waals surface area contributed by atoms with Crippen LogP contribution in [0.15, 0.2) is 82.8 Å². The van der Waals surface area contributed by atoms with Gasteiger partial charge in [-0.3, -0.25) is 13.9 Å². The molecule has 0 heterocycles. The molecular formula is C25H25N3O5S. The number of carbonyl (C=O) groups is 2. The molecule has 0 saturated carbocycles. The molecule has 0 fully saturated rings. The highest BCUT2D eigenvalue weighted by Gasteiger charge is 2.28. The predicted molar refractivity (Wildman–Crippen MR) is 130 cm³/mol. The summed E-state index contributed by atoms with van der Waals surface area (Å²) >= 11 is 0. The van der Waals surface area contributed by atoms with Gasteiger partial charge in [0, 0.05) is 6.92 Å². The summed E-state index contributed by atoms with van der Waals surface area (Å²) in [6.45, 7) is 4.55.